The van der Waals surface area contributed by atoms with Gasteiger partial charge in [-0.25, -0.2) is 0 Å². The zero-order chi connectivity index (χ0) is 11.1. The Balaban J connectivity index is 2.23. The first-order valence-corrected chi connectivity index (χ1v) is 6.53. The lowest BCUT2D eigenvalue weighted by Gasteiger charge is -2.22. The monoisotopic (exact) mass is 214 g/mol. The van der Waals surface area contributed by atoms with E-state index in [9.17, 15) is 5.11 Å². The molecule has 0 bridgehead atoms. The van der Waals surface area contributed by atoms with Gasteiger partial charge in [0.05, 0.1) is 12.7 Å². The topological polar surface area (TPSA) is 29.5 Å². The van der Waals surface area contributed by atoms with E-state index in [1.165, 1.54) is 25.7 Å². The minimum atomic E-state index is -0.130. The van der Waals surface area contributed by atoms with Crippen LogP contribution in [0.2, 0.25) is 0 Å². The molecule has 0 aromatic heterocycles. The molecule has 15 heavy (non-hydrogen) atoms. The summed E-state index contributed by atoms with van der Waals surface area (Å²) in [5, 5.41) is 10.1. The number of aliphatic hydroxyl groups excluding tert-OH is 1. The number of ether oxygens (including phenoxy) is 1. The molecule has 1 rings (SSSR count). The molecule has 0 saturated carbocycles. The van der Waals surface area contributed by atoms with Gasteiger partial charge in [0.2, 0.25) is 0 Å². The lowest BCUT2D eigenvalue weighted by molar-refractivity contribution is 0.0684. The van der Waals surface area contributed by atoms with Gasteiger partial charge in [-0.15, -0.1) is 0 Å². The number of rotatable bonds is 7. The summed E-state index contributed by atoms with van der Waals surface area (Å²) >= 11 is 0. The Morgan fingerprint density at radius 1 is 1.40 bits per heavy atom. The normalized spacial score (nSPS) is 25.4. The van der Waals surface area contributed by atoms with Crippen LogP contribution in [-0.2, 0) is 4.74 Å². The third kappa shape index (κ3) is 4.52. The Bertz CT molecular complexity index is 153. The number of hydrogen-bond acceptors (Lipinski definition) is 2. The van der Waals surface area contributed by atoms with Crippen molar-refractivity contribution in [2.45, 2.75) is 58.5 Å². The molecule has 2 heteroatoms. The number of aliphatic hydroxyl groups is 1. The van der Waals surface area contributed by atoms with Crippen molar-refractivity contribution in [2.75, 3.05) is 13.2 Å². The molecule has 0 aromatic rings. The summed E-state index contributed by atoms with van der Waals surface area (Å²) in [6.07, 6.45) is 6.93. The van der Waals surface area contributed by atoms with E-state index < -0.39 is 0 Å². The van der Waals surface area contributed by atoms with Crippen LogP contribution in [0, 0.1) is 11.8 Å². The molecule has 1 aliphatic heterocycles. The van der Waals surface area contributed by atoms with Gasteiger partial charge in [0.25, 0.3) is 0 Å². The molecule has 0 aromatic carbocycles. The Hall–Kier alpha value is -0.0800. The molecule has 1 aliphatic rings. The van der Waals surface area contributed by atoms with E-state index in [0.717, 1.165) is 26.1 Å². The molecule has 0 amide bonds. The molecule has 0 aliphatic carbocycles. The second kappa shape index (κ2) is 7.24. The predicted octanol–water partition coefficient (Wildman–Crippen LogP) is 2.99. The predicted molar refractivity (Wildman–Crippen MR) is 62.9 cm³/mol. The van der Waals surface area contributed by atoms with Gasteiger partial charge >= 0.3 is 0 Å². The van der Waals surface area contributed by atoms with Crippen LogP contribution in [0.15, 0.2) is 0 Å². The van der Waals surface area contributed by atoms with Crippen LogP contribution in [0.25, 0.3) is 0 Å². The van der Waals surface area contributed by atoms with Crippen LogP contribution in [-0.4, -0.2) is 24.4 Å². The van der Waals surface area contributed by atoms with E-state index in [1.54, 1.807) is 0 Å². The van der Waals surface area contributed by atoms with Crippen molar-refractivity contribution in [3.63, 3.8) is 0 Å². The summed E-state index contributed by atoms with van der Waals surface area (Å²) in [6, 6.07) is 0. The lowest BCUT2D eigenvalue weighted by Crippen LogP contribution is -2.23. The summed E-state index contributed by atoms with van der Waals surface area (Å²) in [6.45, 7) is 6.07. The molecule has 1 fully saturated rings. The van der Waals surface area contributed by atoms with E-state index in [4.69, 9.17) is 4.74 Å². The summed E-state index contributed by atoms with van der Waals surface area (Å²) in [5.74, 6) is 1.11. The summed E-state index contributed by atoms with van der Waals surface area (Å²) in [7, 11) is 0. The molecule has 0 spiro atoms. The van der Waals surface area contributed by atoms with Gasteiger partial charge in [-0.3, -0.25) is 0 Å². The van der Waals surface area contributed by atoms with E-state index in [-0.39, 0.29) is 6.10 Å². The second-order valence-electron chi connectivity index (χ2n) is 4.84. The quantitative estimate of drug-likeness (QED) is 0.706. The van der Waals surface area contributed by atoms with Gasteiger partial charge in [-0.05, 0) is 18.8 Å². The fraction of sp³-hybridized carbons (Fsp3) is 1.00. The van der Waals surface area contributed by atoms with Gasteiger partial charge in [-0.1, -0.05) is 39.5 Å². The first-order valence-electron chi connectivity index (χ1n) is 6.53. The first-order chi connectivity index (χ1) is 7.27. The minimum Gasteiger partial charge on any atom is -0.393 e. The average Bonchev–Trinajstić information content (AvgIpc) is 2.77. The van der Waals surface area contributed by atoms with Crippen molar-refractivity contribution in [1.82, 2.24) is 0 Å². The molecule has 1 heterocycles. The van der Waals surface area contributed by atoms with Crippen LogP contribution >= 0.6 is 0 Å². The van der Waals surface area contributed by atoms with E-state index in [2.05, 4.69) is 13.8 Å². The van der Waals surface area contributed by atoms with Crippen LogP contribution in [0.4, 0.5) is 0 Å². The molecule has 90 valence electrons. The van der Waals surface area contributed by atoms with Gasteiger partial charge < -0.3 is 9.84 Å². The van der Waals surface area contributed by atoms with Crippen LogP contribution in [0.1, 0.15) is 52.4 Å². The second-order valence-corrected chi connectivity index (χ2v) is 4.84. The maximum absolute atomic E-state index is 10.1. The van der Waals surface area contributed by atoms with Gasteiger partial charge in [0, 0.05) is 12.5 Å². The van der Waals surface area contributed by atoms with E-state index >= 15 is 0 Å². The molecule has 3 atom stereocenters. The third-order valence-corrected chi connectivity index (χ3v) is 3.63. The van der Waals surface area contributed by atoms with Crippen molar-refractivity contribution in [3.8, 4) is 0 Å². The third-order valence-electron chi connectivity index (χ3n) is 3.63. The highest BCUT2D eigenvalue weighted by Crippen LogP contribution is 2.25. The average molecular weight is 214 g/mol. The fourth-order valence-electron chi connectivity index (χ4n) is 2.37. The molecule has 3 unspecified atom stereocenters. The van der Waals surface area contributed by atoms with Crippen LogP contribution < -0.4 is 0 Å². The van der Waals surface area contributed by atoms with Gasteiger partial charge in [0.15, 0.2) is 0 Å². The highest BCUT2D eigenvalue weighted by atomic mass is 16.5. The SMILES string of the molecule is CCCCC(CC)CC(O)C1CCOC1. The Labute approximate surface area is 94.0 Å². The lowest BCUT2D eigenvalue weighted by atomic mass is 9.88. The Kier molecular flexibility index (Phi) is 6.26. The first kappa shape index (κ1) is 13.0. The largest absolute Gasteiger partial charge is 0.393 e. The van der Waals surface area contributed by atoms with Crippen LogP contribution in [0.3, 0.4) is 0 Å². The molecule has 1 N–H and O–H groups in total. The summed E-state index contributed by atoms with van der Waals surface area (Å²) in [4.78, 5) is 0. The summed E-state index contributed by atoms with van der Waals surface area (Å²) in [5.41, 5.74) is 0. The molecular weight excluding hydrogens is 188 g/mol. The van der Waals surface area contributed by atoms with Crippen molar-refractivity contribution in [2.24, 2.45) is 11.8 Å². The highest BCUT2D eigenvalue weighted by molar-refractivity contribution is 4.75. The number of hydrogen-bond donors (Lipinski definition) is 1. The number of unbranched alkanes of at least 4 members (excludes halogenated alkanes) is 1. The molecular formula is C13H26O2. The fourth-order valence-corrected chi connectivity index (χ4v) is 2.37. The molecule has 1 saturated heterocycles. The summed E-state index contributed by atoms with van der Waals surface area (Å²) < 4.78 is 5.31. The van der Waals surface area contributed by atoms with Crippen molar-refractivity contribution >= 4 is 0 Å². The zero-order valence-electron chi connectivity index (χ0n) is 10.2. The van der Waals surface area contributed by atoms with E-state index in [0.29, 0.717) is 11.8 Å². The highest BCUT2D eigenvalue weighted by Gasteiger charge is 2.25. The van der Waals surface area contributed by atoms with Gasteiger partial charge in [-0.2, -0.15) is 0 Å². The van der Waals surface area contributed by atoms with E-state index in [1.807, 2.05) is 0 Å². The van der Waals surface area contributed by atoms with Crippen molar-refractivity contribution in [1.29, 1.82) is 0 Å². The standard InChI is InChI=1S/C13H26O2/c1-3-5-6-11(4-2)9-13(14)12-7-8-15-10-12/h11-14H,3-10H2,1-2H3. The Morgan fingerprint density at radius 3 is 2.73 bits per heavy atom. The maximum atomic E-state index is 10.1. The van der Waals surface area contributed by atoms with Crippen LogP contribution in [0.5, 0.6) is 0 Å². The zero-order valence-corrected chi connectivity index (χ0v) is 10.2. The molecule has 2 nitrogen and oxygen atoms in total. The molecule has 0 radical (unpaired) electrons. The smallest absolute Gasteiger partial charge is 0.0593 e. The van der Waals surface area contributed by atoms with Crippen molar-refractivity contribution in [3.05, 3.63) is 0 Å². The maximum Gasteiger partial charge on any atom is 0.0593 e. The minimum absolute atomic E-state index is 0.130. The Morgan fingerprint density at radius 2 is 2.20 bits per heavy atom. The van der Waals surface area contributed by atoms with Gasteiger partial charge in [0.1, 0.15) is 0 Å². The van der Waals surface area contributed by atoms with Crippen molar-refractivity contribution < 1.29 is 9.84 Å².